The Kier molecular flexibility index (Phi) is 6.79. The van der Waals surface area contributed by atoms with Gasteiger partial charge in [-0.15, -0.1) is 0 Å². The van der Waals surface area contributed by atoms with Crippen molar-refractivity contribution >= 4 is 29.3 Å². The van der Waals surface area contributed by atoms with Gasteiger partial charge < -0.3 is 15.4 Å². The number of hydrogen-bond acceptors (Lipinski definition) is 3. The molecule has 0 fully saturated rings. The van der Waals surface area contributed by atoms with Gasteiger partial charge in [0.1, 0.15) is 5.75 Å². The average molecular weight is 386 g/mol. The fourth-order valence-electron chi connectivity index (χ4n) is 2.70. The fourth-order valence-corrected chi connectivity index (χ4v) is 2.70. The lowest BCUT2D eigenvalue weighted by Gasteiger charge is -2.11. The molecule has 0 aliphatic rings. The van der Waals surface area contributed by atoms with Crippen LogP contribution in [0.2, 0.25) is 0 Å². The predicted octanol–water partition coefficient (Wildman–Crippen LogP) is 4.99. The summed E-state index contributed by atoms with van der Waals surface area (Å²) in [4.78, 5) is 25.0. The van der Waals surface area contributed by atoms with Crippen LogP contribution in [0, 0.1) is 0 Å². The number of amides is 2. The molecule has 0 aliphatic carbocycles. The molecule has 0 saturated carbocycles. The van der Waals surface area contributed by atoms with E-state index in [1.807, 2.05) is 37.3 Å². The Morgan fingerprint density at radius 2 is 1.55 bits per heavy atom. The predicted molar refractivity (Wildman–Crippen MR) is 116 cm³/mol. The molecule has 0 bridgehead atoms. The molecule has 2 N–H and O–H groups in total. The van der Waals surface area contributed by atoms with E-state index < -0.39 is 0 Å². The molecule has 0 radical (unpaired) electrons. The van der Waals surface area contributed by atoms with Gasteiger partial charge in [0.05, 0.1) is 17.9 Å². The summed E-state index contributed by atoms with van der Waals surface area (Å²) in [5.41, 5.74) is 2.38. The summed E-state index contributed by atoms with van der Waals surface area (Å²) in [6, 6.07) is 23.5. The van der Waals surface area contributed by atoms with Crippen molar-refractivity contribution < 1.29 is 14.3 Å². The molecule has 0 spiro atoms. The third-order valence-electron chi connectivity index (χ3n) is 4.08. The number of carbonyl (C=O) groups excluding carboxylic acids is 2. The van der Waals surface area contributed by atoms with Gasteiger partial charge in [0.25, 0.3) is 5.91 Å². The van der Waals surface area contributed by atoms with Gasteiger partial charge in [-0.25, -0.2) is 0 Å². The van der Waals surface area contributed by atoms with E-state index >= 15 is 0 Å². The minimum atomic E-state index is -0.310. The van der Waals surface area contributed by atoms with Crippen molar-refractivity contribution in [2.24, 2.45) is 0 Å². The molecule has 0 aromatic heterocycles. The van der Waals surface area contributed by atoms with Crippen molar-refractivity contribution in [3.63, 3.8) is 0 Å². The number of rotatable bonds is 7. The first-order valence-corrected chi connectivity index (χ1v) is 9.33. The molecule has 146 valence electrons. The summed E-state index contributed by atoms with van der Waals surface area (Å²) in [7, 11) is 0. The summed E-state index contributed by atoms with van der Waals surface area (Å²) in [5.74, 6) is 0.121. The van der Waals surface area contributed by atoms with E-state index in [9.17, 15) is 9.59 Å². The maximum Gasteiger partial charge on any atom is 0.257 e. The monoisotopic (exact) mass is 386 g/mol. The second-order valence-corrected chi connectivity index (χ2v) is 6.19. The number of para-hydroxylation sites is 1. The maximum atomic E-state index is 12.7. The van der Waals surface area contributed by atoms with Crippen LogP contribution in [0.4, 0.5) is 11.4 Å². The highest BCUT2D eigenvalue weighted by atomic mass is 16.5. The summed E-state index contributed by atoms with van der Waals surface area (Å²) in [6.45, 7) is 2.49. The molecule has 0 aliphatic heterocycles. The Morgan fingerprint density at radius 1 is 0.862 bits per heavy atom. The molecular formula is C24H22N2O3. The zero-order chi connectivity index (χ0) is 20.5. The molecule has 5 nitrogen and oxygen atoms in total. The van der Waals surface area contributed by atoms with Crippen LogP contribution in [0.15, 0.2) is 84.9 Å². The van der Waals surface area contributed by atoms with E-state index in [1.165, 1.54) is 6.08 Å². The minimum Gasteiger partial charge on any atom is -0.494 e. The number of anilines is 2. The van der Waals surface area contributed by atoms with E-state index in [0.717, 1.165) is 11.3 Å². The first-order valence-electron chi connectivity index (χ1n) is 9.33. The van der Waals surface area contributed by atoms with E-state index in [4.69, 9.17) is 4.74 Å². The van der Waals surface area contributed by atoms with E-state index in [0.29, 0.717) is 23.5 Å². The van der Waals surface area contributed by atoms with Gasteiger partial charge >= 0.3 is 0 Å². The summed E-state index contributed by atoms with van der Waals surface area (Å²) in [5, 5.41) is 5.60. The molecule has 3 aromatic rings. The van der Waals surface area contributed by atoms with Crippen LogP contribution in [0.1, 0.15) is 22.8 Å². The molecule has 29 heavy (non-hydrogen) atoms. The van der Waals surface area contributed by atoms with E-state index in [1.54, 1.807) is 54.6 Å². The zero-order valence-corrected chi connectivity index (χ0v) is 16.1. The van der Waals surface area contributed by atoms with Gasteiger partial charge in [0.2, 0.25) is 5.91 Å². The van der Waals surface area contributed by atoms with Crippen LogP contribution >= 0.6 is 0 Å². The molecule has 0 atom stereocenters. The average Bonchev–Trinajstić information content (AvgIpc) is 2.75. The molecule has 2 amide bonds. The smallest absolute Gasteiger partial charge is 0.257 e. The van der Waals surface area contributed by atoms with Gasteiger partial charge in [-0.1, -0.05) is 42.5 Å². The third kappa shape index (κ3) is 5.81. The van der Waals surface area contributed by atoms with Crippen LogP contribution < -0.4 is 15.4 Å². The largest absolute Gasteiger partial charge is 0.494 e. The molecule has 0 heterocycles. The molecular weight excluding hydrogens is 364 g/mol. The van der Waals surface area contributed by atoms with Gasteiger partial charge in [-0.2, -0.15) is 0 Å². The Morgan fingerprint density at radius 3 is 2.28 bits per heavy atom. The molecule has 3 rings (SSSR count). The summed E-state index contributed by atoms with van der Waals surface area (Å²) >= 11 is 0. The number of benzene rings is 3. The van der Waals surface area contributed by atoms with Gasteiger partial charge in [-0.3, -0.25) is 9.59 Å². The lowest BCUT2D eigenvalue weighted by Crippen LogP contribution is -2.17. The van der Waals surface area contributed by atoms with Crippen molar-refractivity contribution in [2.45, 2.75) is 6.92 Å². The van der Waals surface area contributed by atoms with Crippen LogP contribution in [0.25, 0.3) is 6.08 Å². The second kappa shape index (κ2) is 9.90. The van der Waals surface area contributed by atoms with E-state index in [2.05, 4.69) is 10.6 Å². The SMILES string of the molecule is CCOc1ccc(NC(=O)c2ccccc2NC(=O)/C=C/c2ccccc2)cc1. The fraction of sp³-hybridized carbons (Fsp3) is 0.0833. The third-order valence-corrected chi connectivity index (χ3v) is 4.08. The second-order valence-electron chi connectivity index (χ2n) is 6.19. The summed E-state index contributed by atoms with van der Waals surface area (Å²) < 4.78 is 5.40. The standard InChI is InChI=1S/C24H22N2O3/c1-2-29-20-15-13-19(14-16-20)25-24(28)21-10-6-7-11-22(21)26-23(27)17-12-18-8-4-3-5-9-18/h3-17H,2H2,1H3,(H,25,28)(H,26,27)/b17-12+. The lowest BCUT2D eigenvalue weighted by molar-refractivity contribution is -0.111. The first kappa shape index (κ1) is 19.9. The first-order chi connectivity index (χ1) is 14.2. The zero-order valence-electron chi connectivity index (χ0n) is 16.1. The van der Waals surface area contributed by atoms with Crippen molar-refractivity contribution in [3.8, 4) is 5.75 Å². The highest BCUT2D eigenvalue weighted by Crippen LogP contribution is 2.20. The van der Waals surface area contributed by atoms with Crippen LogP contribution in [-0.2, 0) is 4.79 Å². The minimum absolute atomic E-state index is 0.308. The van der Waals surface area contributed by atoms with Gasteiger partial charge in [0.15, 0.2) is 0 Å². The lowest BCUT2D eigenvalue weighted by atomic mass is 10.1. The molecule has 3 aromatic carbocycles. The maximum absolute atomic E-state index is 12.7. The Labute approximate surface area is 170 Å². The number of nitrogens with one attached hydrogen (secondary N) is 2. The molecule has 0 unspecified atom stereocenters. The van der Waals surface area contributed by atoms with Crippen molar-refractivity contribution in [1.29, 1.82) is 0 Å². The van der Waals surface area contributed by atoms with Crippen molar-refractivity contribution in [2.75, 3.05) is 17.2 Å². The highest BCUT2D eigenvalue weighted by molar-refractivity contribution is 6.11. The van der Waals surface area contributed by atoms with E-state index in [-0.39, 0.29) is 11.8 Å². The molecule has 5 heteroatoms. The Hall–Kier alpha value is -3.86. The van der Waals surface area contributed by atoms with Crippen LogP contribution in [0.5, 0.6) is 5.75 Å². The topological polar surface area (TPSA) is 67.4 Å². The Bertz CT molecular complexity index is 996. The Balaban J connectivity index is 1.68. The highest BCUT2D eigenvalue weighted by Gasteiger charge is 2.12. The van der Waals surface area contributed by atoms with Gasteiger partial charge in [0, 0.05) is 11.8 Å². The van der Waals surface area contributed by atoms with Crippen LogP contribution in [-0.4, -0.2) is 18.4 Å². The number of hydrogen-bond donors (Lipinski definition) is 2. The van der Waals surface area contributed by atoms with Crippen molar-refractivity contribution in [1.82, 2.24) is 0 Å². The summed E-state index contributed by atoms with van der Waals surface area (Å²) in [6.07, 6.45) is 3.16. The normalized spacial score (nSPS) is 10.5. The number of ether oxygens (including phenoxy) is 1. The van der Waals surface area contributed by atoms with Crippen molar-refractivity contribution in [3.05, 3.63) is 96.1 Å². The van der Waals surface area contributed by atoms with Crippen LogP contribution in [0.3, 0.4) is 0 Å². The quantitative estimate of drug-likeness (QED) is 0.562. The number of carbonyl (C=O) groups is 2. The van der Waals surface area contributed by atoms with Gasteiger partial charge in [-0.05, 0) is 55.0 Å². The molecule has 0 saturated heterocycles.